The van der Waals surface area contributed by atoms with Gasteiger partial charge in [-0.05, 0) is 107 Å². The lowest BCUT2D eigenvalue weighted by molar-refractivity contribution is -0.379. The molecule has 0 bridgehead atoms. The van der Waals surface area contributed by atoms with E-state index in [1.165, 1.54) is 0 Å². The highest BCUT2D eigenvalue weighted by Gasteiger charge is 2.67. The fourth-order valence-corrected chi connectivity index (χ4v) is 29.7. The van der Waals surface area contributed by atoms with Gasteiger partial charge in [0.1, 0.15) is 12.2 Å². The second-order valence-electron chi connectivity index (χ2n) is 31.7. The zero-order valence-electron chi connectivity index (χ0n) is 65.5. The summed E-state index contributed by atoms with van der Waals surface area (Å²) in [5, 5.41) is 3.15. The van der Waals surface area contributed by atoms with Gasteiger partial charge >= 0.3 is 29.8 Å². The van der Waals surface area contributed by atoms with Gasteiger partial charge in [0.25, 0.3) is 25.0 Å². The Kier molecular flexibility index (Phi) is 25.1. The second-order valence-corrected chi connectivity index (χ2v) is 44.6. The third-order valence-electron chi connectivity index (χ3n) is 21.3. The highest BCUT2D eigenvalue weighted by molar-refractivity contribution is 7.00. The van der Waals surface area contributed by atoms with Crippen LogP contribution in [0.25, 0.3) is 0 Å². The molecule has 114 heavy (non-hydrogen) atoms. The molecular weight excluding hydrogens is 1480 g/mol. The Bertz CT molecular complexity index is 4850. The Morgan fingerprint density at radius 3 is 0.816 bits per heavy atom. The summed E-state index contributed by atoms with van der Waals surface area (Å²) in [7, 11) is -11.2. The second kappa shape index (κ2) is 35.3. The van der Waals surface area contributed by atoms with E-state index in [0.29, 0.717) is 0 Å². The van der Waals surface area contributed by atoms with Gasteiger partial charge in [-0.25, -0.2) is 24.0 Å². The maximum Gasteiger partial charge on any atom is 0.338 e. The molecule has 0 spiro atoms. The van der Waals surface area contributed by atoms with Crippen LogP contribution in [0, 0.1) is 0 Å². The molecule has 9 atom stereocenters. The van der Waals surface area contributed by atoms with Gasteiger partial charge in [0.2, 0.25) is 12.1 Å². The minimum Gasteiger partial charge on any atom is -0.452 e. The van der Waals surface area contributed by atoms with Crippen molar-refractivity contribution in [2.45, 2.75) is 132 Å². The Morgan fingerprint density at radius 1 is 0.289 bits per heavy atom. The smallest absolute Gasteiger partial charge is 0.338 e. The Balaban J connectivity index is 1.10. The van der Waals surface area contributed by atoms with E-state index in [0.717, 1.165) is 31.1 Å². The number of carbonyl (C=O) groups is 5. The molecule has 13 rings (SSSR count). The first-order valence-electron chi connectivity index (χ1n) is 38.5. The highest BCUT2D eigenvalue weighted by Crippen LogP contribution is 2.47. The fraction of sp³-hybridized carbons (Fsp3) is 0.253. The van der Waals surface area contributed by atoms with E-state index in [-0.39, 0.29) is 34.4 Å². The molecule has 584 valence electrons. The van der Waals surface area contributed by atoms with Crippen LogP contribution in [0.4, 0.5) is 0 Å². The number of ether oxygens (including phenoxy) is 8. The van der Waals surface area contributed by atoms with Crippen molar-refractivity contribution in [3.8, 4) is 0 Å². The van der Waals surface area contributed by atoms with Crippen LogP contribution in [0.15, 0.2) is 334 Å². The normalized spacial score (nSPS) is 20.0. The number of benzene rings is 11. The van der Waals surface area contributed by atoms with E-state index < -0.39 is 138 Å². The summed E-state index contributed by atoms with van der Waals surface area (Å²) < 4.78 is 82.6. The molecular formula is C95H96O16Si3. The lowest BCUT2D eigenvalue weighted by Gasteiger charge is -2.49. The molecule has 0 N–H and O–H groups in total. The summed E-state index contributed by atoms with van der Waals surface area (Å²) in [6.07, 6.45) is -14.4. The molecule has 19 heteroatoms. The zero-order chi connectivity index (χ0) is 80.1. The van der Waals surface area contributed by atoms with E-state index in [1.54, 1.807) is 152 Å². The fourth-order valence-electron chi connectivity index (χ4n) is 15.9. The third-order valence-corrected chi connectivity index (χ3v) is 36.3. The Hall–Kier alpha value is -10.8. The number of rotatable bonds is 27. The van der Waals surface area contributed by atoms with Gasteiger partial charge in [0.15, 0.2) is 30.5 Å². The van der Waals surface area contributed by atoms with E-state index in [1.807, 2.05) is 158 Å². The highest BCUT2D eigenvalue weighted by atomic mass is 28.4. The van der Waals surface area contributed by atoms with Gasteiger partial charge in [0, 0.05) is 0 Å². The molecule has 2 heterocycles. The molecule has 0 saturated carbocycles. The SMILES string of the molecule is CC(C)(C)[Si](OC[C@H]1O[C@@](CO[Si](c2ccccc2)(c2ccccc2)C(C)(C)C)(O[C@H]2O[C@H](CO[Si](c3ccccc3)(c3ccccc3)C(C)(C)C)[C@@H](OC(=O)c3ccccc3)[C@H](OC(=O)c3ccccc3)[C@H]2OC(=O)c2ccccc2)[C@@H](OC(=O)c2ccccc2)[C@@H]1OC(=O)c1ccccc1)(c1ccccc1)c1ccccc1. The predicted octanol–water partition coefficient (Wildman–Crippen LogP) is 14.7. The lowest BCUT2D eigenvalue weighted by Crippen LogP contribution is -2.70. The van der Waals surface area contributed by atoms with Gasteiger partial charge in [-0.3, -0.25) is 0 Å². The first-order valence-corrected chi connectivity index (χ1v) is 44.3. The van der Waals surface area contributed by atoms with Gasteiger partial charge in [0.05, 0.1) is 47.6 Å². The van der Waals surface area contributed by atoms with Crippen LogP contribution in [0.5, 0.6) is 0 Å². The summed E-state index contributed by atoms with van der Waals surface area (Å²) in [6.45, 7) is 17.6. The molecule has 0 aromatic heterocycles. The number of carbonyl (C=O) groups excluding carboxylic acids is 5. The lowest BCUT2D eigenvalue weighted by atomic mass is 9.97. The van der Waals surface area contributed by atoms with Gasteiger partial charge in [-0.1, -0.05) is 335 Å². The van der Waals surface area contributed by atoms with Gasteiger partial charge < -0.3 is 51.2 Å². The van der Waals surface area contributed by atoms with Crippen LogP contribution < -0.4 is 31.1 Å². The topological polar surface area (TPSA) is 187 Å². The van der Waals surface area contributed by atoms with Crippen molar-refractivity contribution in [2.75, 3.05) is 19.8 Å². The molecule has 16 nitrogen and oxygen atoms in total. The van der Waals surface area contributed by atoms with Gasteiger partial charge in [-0.2, -0.15) is 0 Å². The first kappa shape index (κ1) is 81.2. The maximum absolute atomic E-state index is 15.9. The van der Waals surface area contributed by atoms with Crippen LogP contribution in [0.3, 0.4) is 0 Å². The summed E-state index contributed by atoms with van der Waals surface area (Å²) in [5.41, 5.74) is 0.504. The maximum atomic E-state index is 15.9. The summed E-state index contributed by atoms with van der Waals surface area (Å²) in [4.78, 5) is 78.3. The van der Waals surface area contributed by atoms with Crippen molar-refractivity contribution < 1.29 is 75.1 Å². The summed E-state index contributed by atoms with van der Waals surface area (Å²) in [6, 6.07) is 101. The third kappa shape index (κ3) is 17.2. The van der Waals surface area contributed by atoms with Crippen molar-refractivity contribution >= 4 is 85.9 Å². The molecule has 0 amide bonds. The van der Waals surface area contributed by atoms with Crippen LogP contribution in [0.2, 0.25) is 15.1 Å². The number of hydrogen-bond donors (Lipinski definition) is 0. The van der Waals surface area contributed by atoms with Crippen LogP contribution in [-0.4, -0.2) is 129 Å². The van der Waals surface area contributed by atoms with Crippen molar-refractivity contribution in [3.63, 3.8) is 0 Å². The zero-order valence-corrected chi connectivity index (χ0v) is 68.5. The molecule has 2 fully saturated rings. The van der Waals surface area contributed by atoms with E-state index in [9.17, 15) is 0 Å². The van der Waals surface area contributed by atoms with Crippen LogP contribution in [-0.2, 0) is 51.2 Å². The van der Waals surface area contributed by atoms with Gasteiger partial charge in [-0.15, -0.1) is 0 Å². The Morgan fingerprint density at radius 2 is 0.526 bits per heavy atom. The van der Waals surface area contributed by atoms with Crippen molar-refractivity contribution in [2.24, 2.45) is 0 Å². The molecule has 11 aromatic rings. The predicted molar refractivity (Wildman–Crippen MR) is 446 cm³/mol. The first-order chi connectivity index (χ1) is 55.0. The van der Waals surface area contributed by atoms with Crippen LogP contribution >= 0.6 is 0 Å². The molecule has 2 aliphatic heterocycles. The molecule has 0 aliphatic carbocycles. The monoisotopic (exact) mass is 1580 g/mol. The molecule has 11 aromatic carbocycles. The largest absolute Gasteiger partial charge is 0.452 e. The average molecular weight is 1580 g/mol. The molecule has 0 radical (unpaired) electrons. The minimum atomic E-state index is -3.91. The minimum absolute atomic E-state index is 0.0595. The van der Waals surface area contributed by atoms with E-state index in [2.05, 4.69) is 86.6 Å². The average Bonchev–Trinajstić information content (AvgIpc) is 1.62. The van der Waals surface area contributed by atoms with Crippen molar-refractivity contribution in [3.05, 3.63) is 361 Å². The Labute approximate surface area is 670 Å². The standard InChI is InChI=1S/C95H96O16Si3/c1-92(2,3)112(73-53-31-15-32-54-73,74-55-33-16-34-56-74)101-65-79-81(105-86(96)68-43-21-10-22-44-68)83(107-88(98)70-47-25-12-26-48-70)84(108-89(99)71-49-27-13-28-50-71)91(104-79)111-95(67-103-114(94(7,8)9,77-61-39-19-40-62-77)78-63-41-20-42-64-78)85(109-90(100)72-51-29-14-30-52-72)82(106-87(97)69-45-23-11-24-46-69)80(110-95)66-102-113(93(4,5)6,75-57-35-17-36-58-75)76-59-37-18-38-60-76/h10-64,79-85,91H,65-67H2,1-9H3/t79-,80-,81-,82-,83+,84-,85+,91-,95+/m1/s1. The summed E-state index contributed by atoms with van der Waals surface area (Å²) in [5.74, 6) is -7.10. The van der Waals surface area contributed by atoms with E-state index >= 15 is 24.0 Å². The summed E-state index contributed by atoms with van der Waals surface area (Å²) >= 11 is 0. The van der Waals surface area contributed by atoms with Crippen LogP contribution in [0.1, 0.15) is 114 Å². The quantitative estimate of drug-likeness (QED) is 0.0268. The number of hydrogen-bond acceptors (Lipinski definition) is 16. The molecule has 0 unspecified atom stereocenters. The van der Waals surface area contributed by atoms with E-state index in [4.69, 9.17) is 51.2 Å². The van der Waals surface area contributed by atoms with Crippen molar-refractivity contribution in [1.29, 1.82) is 0 Å². The number of esters is 5. The molecule has 2 saturated heterocycles. The van der Waals surface area contributed by atoms with Crippen molar-refractivity contribution in [1.82, 2.24) is 0 Å². The molecule has 2 aliphatic rings.